The number of ether oxygens (including phenoxy) is 1. The van der Waals surface area contributed by atoms with E-state index in [0.717, 1.165) is 96.6 Å². The zero-order valence-corrected chi connectivity index (χ0v) is 39.5. The van der Waals surface area contributed by atoms with Crippen LogP contribution in [-0.2, 0) is 19.1 Å². The summed E-state index contributed by atoms with van der Waals surface area (Å²) >= 11 is 0. The first-order valence-electron chi connectivity index (χ1n) is 26.2. The minimum Gasteiger partial charge on any atom is -0.481 e. The molecule has 0 aliphatic carbocycles. The van der Waals surface area contributed by atoms with Gasteiger partial charge in [-0.2, -0.15) is 0 Å². The monoisotopic (exact) mass is 850 g/mol. The Labute approximate surface area is 370 Å². The Morgan fingerprint density at radius 1 is 0.433 bits per heavy atom. The maximum absolute atomic E-state index is 12.6. The molecule has 1 aliphatic heterocycles. The number of piperidine rings is 1. The number of esters is 1. The zero-order valence-electron chi connectivity index (χ0n) is 39.5. The maximum atomic E-state index is 12.6. The van der Waals surface area contributed by atoms with Crippen molar-refractivity contribution in [3.05, 3.63) is 0 Å². The van der Waals surface area contributed by atoms with E-state index in [1.54, 1.807) is 0 Å². The average Bonchev–Trinajstić information content (AvgIpc) is 3.22. The fourth-order valence-electron chi connectivity index (χ4n) is 9.23. The van der Waals surface area contributed by atoms with Gasteiger partial charge in [0.2, 0.25) is 0 Å². The first kappa shape index (κ1) is 56.3. The van der Waals surface area contributed by atoms with E-state index >= 15 is 0 Å². The summed E-state index contributed by atoms with van der Waals surface area (Å²) < 4.78 is 5.68. The fraction of sp³-hybridized carbons (Fsp3) is 0.942. The summed E-state index contributed by atoms with van der Waals surface area (Å²) in [6.45, 7) is 2.43. The van der Waals surface area contributed by atoms with Gasteiger partial charge in [0.05, 0.1) is 18.1 Å². The predicted molar refractivity (Wildman–Crippen MR) is 251 cm³/mol. The molecule has 0 saturated carbocycles. The van der Waals surface area contributed by atoms with Crippen molar-refractivity contribution in [2.24, 2.45) is 5.92 Å². The van der Waals surface area contributed by atoms with Gasteiger partial charge in [-0.15, -0.1) is 0 Å². The summed E-state index contributed by atoms with van der Waals surface area (Å²) in [5.41, 5.74) is -0.581. The van der Waals surface area contributed by atoms with E-state index in [1.807, 2.05) is 0 Å². The number of rotatable bonds is 46. The number of nitrogens with zero attached hydrogens (tertiary/aromatic N) is 1. The minimum atomic E-state index is -0.668. The van der Waals surface area contributed by atoms with Gasteiger partial charge in [0.1, 0.15) is 0 Å². The topological polar surface area (TPSA) is 124 Å². The lowest BCUT2D eigenvalue weighted by atomic mass is 9.85. The molecule has 0 aromatic heterocycles. The van der Waals surface area contributed by atoms with Crippen molar-refractivity contribution in [3.63, 3.8) is 0 Å². The SMILES string of the molecule is CN1CCC(C(=O)OCCCCC(O)(CCCCCCCCCCCCCCCCCCCC(=O)O)CCCCCCCCCCCCCCCCCCCC(=O)O)CC1. The number of hydrogen-bond donors (Lipinski definition) is 3. The van der Waals surface area contributed by atoms with Gasteiger partial charge in [0, 0.05) is 12.8 Å². The van der Waals surface area contributed by atoms with Crippen LogP contribution in [0.5, 0.6) is 0 Å². The van der Waals surface area contributed by atoms with Crippen molar-refractivity contribution < 1.29 is 34.4 Å². The lowest BCUT2D eigenvalue weighted by molar-refractivity contribution is -0.150. The number of carboxylic acids is 2. The third kappa shape index (κ3) is 38.0. The summed E-state index contributed by atoms with van der Waals surface area (Å²) in [6, 6.07) is 0. The van der Waals surface area contributed by atoms with E-state index in [4.69, 9.17) is 14.9 Å². The molecule has 0 aromatic carbocycles. The fourth-order valence-corrected chi connectivity index (χ4v) is 9.23. The quantitative estimate of drug-likeness (QED) is 0.0409. The number of aliphatic hydroxyl groups is 1. The van der Waals surface area contributed by atoms with Crippen LogP contribution in [0.1, 0.15) is 276 Å². The van der Waals surface area contributed by atoms with E-state index in [2.05, 4.69) is 11.9 Å². The molecule has 8 heteroatoms. The number of carbonyl (C=O) groups is 3. The number of hydrogen-bond acceptors (Lipinski definition) is 6. The molecule has 3 N–H and O–H groups in total. The Bertz CT molecular complexity index is 929. The van der Waals surface area contributed by atoms with Crippen LogP contribution in [0, 0.1) is 5.92 Å². The summed E-state index contributed by atoms with van der Waals surface area (Å²) in [6.07, 6.45) is 49.5. The van der Waals surface area contributed by atoms with Crippen LogP contribution >= 0.6 is 0 Å². The van der Waals surface area contributed by atoms with Gasteiger partial charge in [0.25, 0.3) is 0 Å². The van der Waals surface area contributed by atoms with Gasteiger partial charge in [-0.1, -0.05) is 205 Å². The maximum Gasteiger partial charge on any atom is 0.309 e. The number of carbonyl (C=O) groups excluding carboxylic acids is 1. The molecule has 8 nitrogen and oxygen atoms in total. The van der Waals surface area contributed by atoms with Crippen molar-refractivity contribution in [1.82, 2.24) is 4.90 Å². The Morgan fingerprint density at radius 2 is 0.683 bits per heavy atom. The normalized spacial score (nSPS) is 13.9. The molecule has 1 aliphatic rings. The molecule has 60 heavy (non-hydrogen) atoms. The standard InChI is InChI=1S/C52H99NO7/c1-53-45-40-48(41-46-53)51(58)60-47-37-36-44-52(59,42-34-30-26-22-18-14-10-6-2-4-8-12-16-20-24-28-32-38-49(54)55)43-35-31-27-23-19-15-11-7-3-5-9-13-17-21-25-29-33-39-50(56)57/h48,59H,2-47H2,1H3,(H,54,55)(H,56,57). The molecular formula is C52H99NO7. The second-order valence-corrected chi connectivity index (χ2v) is 19.2. The molecule has 0 amide bonds. The third-order valence-electron chi connectivity index (χ3n) is 13.4. The third-order valence-corrected chi connectivity index (χ3v) is 13.4. The minimum absolute atomic E-state index is 0.0182. The Balaban J connectivity index is 2.13. The molecule has 1 saturated heterocycles. The first-order valence-corrected chi connectivity index (χ1v) is 26.2. The molecule has 0 radical (unpaired) electrons. The van der Waals surface area contributed by atoms with Crippen LogP contribution < -0.4 is 0 Å². The van der Waals surface area contributed by atoms with E-state index in [1.165, 1.54) is 180 Å². The molecule has 0 aromatic rings. The Hall–Kier alpha value is -1.67. The second-order valence-electron chi connectivity index (χ2n) is 19.2. The number of carboxylic acid groups (broad SMARTS) is 2. The summed E-state index contributed by atoms with van der Waals surface area (Å²) in [4.78, 5) is 36.0. The summed E-state index contributed by atoms with van der Waals surface area (Å²) in [5.74, 6) is -1.30. The van der Waals surface area contributed by atoms with E-state index in [0.29, 0.717) is 19.4 Å². The largest absolute Gasteiger partial charge is 0.481 e. The highest BCUT2D eigenvalue weighted by Gasteiger charge is 2.26. The molecule has 1 rings (SSSR count). The number of likely N-dealkylation sites (tertiary alicyclic amines) is 1. The number of aliphatic carboxylic acids is 2. The Morgan fingerprint density at radius 3 is 0.967 bits per heavy atom. The van der Waals surface area contributed by atoms with Crippen LogP contribution in [-0.4, -0.2) is 70.5 Å². The van der Waals surface area contributed by atoms with Gasteiger partial charge in [-0.3, -0.25) is 14.4 Å². The average molecular weight is 850 g/mol. The predicted octanol–water partition coefficient (Wildman–Crippen LogP) is 14.8. The highest BCUT2D eigenvalue weighted by Crippen LogP contribution is 2.29. The molecule has 0 unspecified atom stereocenters. The molecule has 354 valence electrons. The molecule has 1 fully saturated rings. The van der Waals surface area contributed by atoms with Crippen molar-refractivity contribution in [2.75, 3.05) is 26.7 Å². The van der Waals surface area contributed by atoms with Crippen LogP contribution in [0.15, 0.2) is 0 Å². The summed E-state index contributed by atoms with van der Waals surface area (Å²) in [7, 11) is 2.11. The van der Waals surface area contributed by atoms with Crippen LogP contribution in [0.25, 0.3) is 0 Å². The number of unbranched alkanes of at least 4 members (excludes halogenated alkanes) is 33. The summed E-state index contributed by atoms with van der Waals surface area (Å²) in [5, 5.41) is 29.2. The van der Waals surface area contributed by atoms with Gasteiger partial charge >= 0.3 is 17.9 Å². The van der Waals surface area contributed by atoms with Crippen LogP contribution in [0.4, 0.5) is 0 Å². The molecule has 0 bridgehead atoms. The first-order chi connectivity index (χ1) is 29.2. The van der Waals surface area contributed by atoms with Crippen molar-refractivity contribution in [1.29, 1.82) is 0 Å². The van der Waals surface area contributed by atoms with Crippen molar-refractivity contribution in [3.8, 4) is 0 Å². The Kier molecular flexibility index (Phi) is 38.8. The molecule has 0 spiro atoms. The lowest BCUT2D eigenvalue weighted by Gasteiger charge is -2.29. The zero-order chi connectivity index (χ0) is 43.6. The van der Waals surface area contributed by atoms with Gasteiger partial charge in [-0.25, -0.2) is 0 Å². The van der Waals surface area contributed by atoms with Crippen molar-refractivity contribution >= 4 is 17.9 Å². The van der Waals surface area contributed by atoms with Crippen LogP contribution in [0.2, 0.25) is 0 Å². The van der Waals surface area contributed by atoms with Crippen LogP contribution in [0.3, 0.4) is 0 Å². The van der Waals surface area contributed by atoms with Gasteiger partial charge in [0.15, 0.2) is 0 Å². The lowest BCUT2D eigenvalue weighted by Crippen LogP contribution is -2.34. The van der Waals surface area contributed by atoms with Crippen molar-refractivity contribution in [2.45, 2.75) is 282 Å². The molecular weight excluding hydrogens is 751 g/mol. The highest BCUT2D eigenvalue weighted by atomic mass is 16.5. The smallest absolute Gasteiger partial charge is 0.309 e. The van der Waals surface area contributed by atoms with E-state index in [9.17, 15) is 19.5 Å². The van der Waals surface area contributed by atoms with Gasteiger partial charge in [-0.05, 0) is 77.9 Å². The van der Waals surface area contributed by atoms with E-state index in [-0.39, 0.29) is 11.9 Å². The molecule has 1 heterocycles. The molecule has 0 atom stereocenters. The highest BCUT2D eigenvalue weighted by molar-refractivity contribution is 5.72. The van der Waals surface area contributed by atoms with Gasteiger partial charge < -0.3 is 25.0 Å². The van der Waals surface area contributed by atoms with E-state index < -0.39 is 17.5 Å². The second kappa shape index (κ2) is 41.3.